The molecule has 1 amide bonds. The summed E-state index contributed by atoms with van der Waals surface area (Å²) in [6.45, 7) is 5.84. The Bertz CT molecular complexity index is 637. The molecule has 0 saturated heterocycles. The van der Waals surface area contributed by atoms with Crippen LogP contribution in [0.1, 0.15) is 37.4 Å². The normalized spacial score (nSPS) is 13.2. The predicted octanol–water partition coefficient (Wildman–Crippen LogP) is 4.68. The molecule has 3 nitrogen and oxygen atoms in total. The zero-order chi connectivity index (χ0) is 16.8. The molecule has 0 heterocycles. The summed E-state index contributed by atoms with van der Waals surface area (Å²) in [5.74, 6) is 0.493. The zero-order valence-corrected chi connectivity index (χ0v) is 14.4. The van der Waals surface area contributed by atoms with Gasteiger partial charge in [-0.2, -0.15) is 0 Å². The second-order valence-corrected chi connectivity index (χ2v) is 6.03. The van der Waals surface area contributed by atoms with Gasteiger partial charge < -0.3 is 10.1 Å². The molecule has 0 radical (unpaired) electrons. The molecule has 1 N–H and O–H groups in total. The van der Waals surface area contributed by atoms with E-state index in [-0.39, 0.29) is 11.9 Å². The van der Waals surface area contributed by atoms with E-state index in [1.807, 2.05) is 6.92 Å². The SMILES string of the molecule is CCC(NC(=O)C(C)Oc1ccc(Cl)cc1)c1ccc(C)cc1. The highest BCUT2D eigenvalue weighted by Gasteiger charge is 2.19. The molecule has 0 aliphatic carbocycles. The summed E-state index contributed by atoms with van der Waals surface area (Å²) in [6.07, 6.45) is 0.248. The molecule has 2 aromatic carbocycles. The first-order valence-electron chi connectivity index (χ1n) is 7.78. The molecule has 0 aliphatic rings. The van der Waals surface area contributed by atoms with Gasteiger partial charge in [-0.3, -0.25) is 4.79 Å². The van der Waals surface area contributed by atoms with Crippen molar-refractivity contribution in [1.29, 1.82) is 0 Å². The molecular weight excluding hydrogens is 310 g/mol. The molecule has 2 unspecified atom stereocenters. The van der Waals surface area contributed by atoms with Crippen LogP contribution in [0.25, 0.3) is 0 Å². The van der Waals surface area contributed by atoms with Gasteiger partial charge in [-0.25, -0.2) is 0 Å². The number of nitrogens with one attached hydrogen (secondary N) is 1. The average molecular weight is 332 g/mol. The number of aryl methyl sites for hydroxylation is 1. The largest absolute Gasteiger partial charge is 0.481 e. The number of amides is 1. The van der Waals surface area contributed by atoms with E-state index in [0.29, 0.717) is 10.8 Å². The predicted molar refractivity (Wildman–Crippen MR) is 93.9 cm³/mol. The third-order valence-electron chi connectivity index (χ3n) is 3.70. The number of ether oxygens (including phenoxy) is 1. The van der Waals surface area contributed by atoms with Gasteiger partial charge in [-0.05, 0) is 50.1 Å². The van der Waals surface area contributed by atoms with E-state index < -0.39 is 6.10 Å². The van der Waals surface area contributed by atoms with E-state index in [9.17, 15) is 4.79 Å². The van der Waals surface area contributed by atoms with Crippen molar-refractivity contribution in [2.24, 2.45) is 0 Å². The summed E-state index contributed by atoms with van der Waals surface area (Å²) >= 11 is 5.84. The molecule has 2 aromatic rings. The Morgan fingerprint density at radius 2 is 1.74 bits per heavy atom. The number of carbonyl (C=O) groups is 1. The minimum Gasteiger partial charge on any atom is -0.481 e. The van der Waals surface area contributed by atoms with Gasteiger partial charge in [-0.15, -0.1) is 0 Å². The summed E-state index contributed by atoms with van der Waals surface area (Å²) in [5.41, 5.74) is 2.31. The Kier molecular flexibility index (Phi) is 6.05. The molecule has 0 bridgehead atoms. The highest BCUT2D eigenvalue weighted by Crippen LogP contribution is 2.19. The van der Waals surface area contributed by atoms with E-state index in [2.05, 4.69) is 36.5 Å². The molecule has 0 fully saturated rings. The third-order valence-corrected chi connectivity index (χ3v) is 3.95. The van der Waals surface area contributed by atoms with E-state index in [1.165, 1.54) is 5.56 Å². The monoisotopic (exact) mass is 331 g/mol. The van der Waals surface area contributed by atoms with Crippen molar-refractivity contribution in [3.63, 3.8) is 0 Å². The number of rotatable bonds is 6. The fourth-order valence-corrected chi connectivity index (χ4v) is 2.41. The Hall–Kier alpha value is -2.00. The summed E-state index contributed by atoms with van der Waals surface area (Å²) in [5, 5.41) is 3.68. The van der Waals surface area contributed by atoms with Crippen molar-refractivity contribution in [2.45, 2.75) is 39.3 Å². The van der Waals surface area contributed by atoms with E-state index in [4.69, 9.17) is 16.3 Å². The molecule has 2 rings (SSSR count). The van der Waals surface area contributed by atoms with Crippen molar-refractivity contribution < 1.29 is 9.53 Å². The molecule has 0 spiro atoms. The zero-order valence-electron chi connectivity index (χ0n) is 13.7. The first-order valence-corrected chi connectivity index (χ1v) is 8.16. The van der Waals surface area contributed by atoms with Crippen LogP contribution < -0.4 is 10.1 Å². The highest BCUT2D eigenvalue weighted by molar-refractivity contribution is 6.30. The number of halogens is 1. The van der Waals surface area contributed by atoms with Gasteiger partial charge in [0.1, 0.15) is 5.75 Å². The van der Waals surface area contributed by atoms with Gasteiger partial charge in [-0.1, -0.05) is 48.4 Å². The average Bonchev–Trinajstić information content (AvgIpc) is 2.55. The smallest absolute Gasteiger partial charge is 0.261 e. The molecule has 0 saturated carbocycles. The summed E-state index contributed by atoms with van der Waals surface area (Å²) in [7, 11) is 0. The van der Waals surface area contributed by atoms with Crippen LogP contribution in [-0.2, 0) is 4.79 Å². The summed E-state index contributed by atoms with van der Waals surface area (Å²) in [6, 6.07) is 15.2. The number of carbonyl (C=O) groups excluding carboxylic acids is 1. The first-order chi connectivity index (χ1) is 11.0. The van der Waals surface area contributed by atoms with Gasteiger partial charge in [0.25, 0.3) is 5.91 Å². The molecular formula is C19H22ClNO2. The summed E-state index contributed by atoms with van der Waals surface area (Å²) < 4.78 is 5.66. The van der Waals surface area contributed by atoms with Gasteiger partial charge in [0.2, 0.25) is 0 Å². The van der Waals surface area contributed by atoms with Gasteiger partial charge in [0.15, 0.2) is 6.10 Å². The Balaban J connectivity index is 1.98. The third kappa shape index (κ3) is 5.00. The minimum absolute atomic E-state index is 0.0145. The second kappa shape index (κ2) is 8.02. The highest BCUT2D eigenvalue weighted by atomic mass is 35.5. The van der Waals surface area contributed by atoms with Crippen LogP contribution in [0.15, 0.2) is 48.5 Å². The van der Waals surface area contributed by atoms with Crippen LogP contribution in [0.5, 0.6) is 5.75 Å². The van der Waals surface area contributed by atoms with Gasteiger partial charge >= 0.3 is 0 Å². The second-order valence-electron chi connectivity index (χ2n) is 5.59. The van der Waals surface area contributed by atoms with Gasteiger partial charge in [0.05, 0.1) is 6.04 Å². The van der Waals surface area contributed by atoms with Crippen molar-refractivity contribution >= 4 is 17.5 Å². The Labute approximate surface area is 142 Å². The maximum Gasteiger partial charge on any atom is 0.261 e. The van der Waals surface area contributed by atoms with Crippen molar-refractivity contribution in [3.05, 3.63) is 64.7 Å². The topological polar surface area (TPSA) is 38.3 Å². The Morgan fingerprint density at radius 1 is 1.13 bits per heavy atom. The Morgan fingerprint density at radius 3 is 2.30 bits per heavy atom. The number of hydrogen-bond donors (Lipinski definition) is 1. The van der Waals surface area contributed by atoms with Crippen molar-refractivity contribution in [2.75, 3.05) is 0 Å². The maximum atomic E-state index is 12.4. The molecule has 122 valence electrons. The quantitative estimate of drug-likeness (QED) is 0.834. The lowest BCUT2D eigenvalue weighted by atomic mass is 10.0. The number of hydrogen-bond acceptors (Lipinski definition) is 2. The molecule has 23 heavy (non-hydrogen) atoms. The van der Waals surface area contributed by atoms with Crippen LogP contribution in [-0.4, -0.2) is 12.0 Å². The molecule has 2 atom stereocenters. The standard InChI is InChI=1S/C19H22ClNO2/c1-4-18(15-7-5-13(2)6-8-15)21-19(22)14(3)23-17-11-9-16(20)10-12-17/h5-12,14,18H,4H2,1-3H3,(H,21,22). The molecule has 0 aliphatic heterocycles. The van der Waals surface area contributed by atoms with Crippen LogP contribution in [0.2, 0.25) is 5.02 Å². The van der Waals surface area contributed by atoms with E-state index in [0.717, 1.165) is 12.0 Å². The molecule has 4 heteroatoms. The fourth-order valence-electron chi connectivity index (χ4n) is 2.28. The fraction of sp³-hybridized carbons (Fsp3) is 0.316. The maximum absolute atomic E-state index is 12.4. The van der Waals surface area contributed by atoms with Crippen LogP contribution >= 0.6 is 11.6 Å². The van der Waals surface area contributed by atoms with E-state index >= 15 is 0 Å². The first kappa shape index (κ1) is 17.4. The number of benzene rings is 2. The van der Waals surface area contributed by atoms with Crippen molar-refractivity contribution in [3.8, 4) is 5.75 Å². The van der Waals surface area contributed by atoms with Crippen LogP contribution in [0, 0.1) is 6.92 Å². The van der Waals surface area contributed by atoms with Crippen LogP contribution in [0.3, 0.4) is 0 Å². The lowest BCUT2D eigenvalue weighted by Gasteiger charge is -2.21. The lowest BCUT2D eigenvalue weighted by Crippen LogP contribution is -2.38. The van der Waals surface area contributed by atoms with Crippen LogP contribution in [0.4, 0.5) is 0 Å². The van der Waals surface area contributed by atoms with Gasteiger partial charge in [0, 0.05) is 5.02 Å². The molecule has 0 aromatic heterocycles. The van der Waals surface area contributed by atoms with Crippen molar-refractivity contribution in [1.82, 2.24) is 5.32 Å². The summed E-state index contributed by atoms with van der Waals surface area (Å²) in [4.78, 5) is 12.4. The lowest BCUT2D eigenvalue weighted by molar-refractivity contribution is -0.128. The van der Waals surface area contributed by atoms with E-state index in [1.54, 1.807) is 31.2 Å². The minimum atomic E-state index is -0.573.